The predicted molar refractivity (Wildman–Crippen MR) is 146 cm³/mol. The Kier molecular flexibility index (Phi) is 8.08. The first-order valence-electron chi connectivity index (χ1n) is 12.9. The molecule has 3 N–H and O–H groups in total. The molecule has 2 amide bonds. The van der Waals surface area contributed by atoms with E-state index in [2.05, 4.69) is 6.08 Å². The van der Waals surface area contributed by atoms with Gasteiger partial charge in [0, 0.05) is 30.8 Å². The van der Waals surface area contributed by atoms with E-state index < -0.39 is 29.0 Å². The van der Waals surface area contributed by atoms with Crippen LogP contribution in [-0.4, -0.2) is 46.8 Å². The van der Waals surface area contributed by atoms with Gasteiger partial charge in [-0.1, -0.05) is 18.2 Å². The first-order chi connectivity index (χ1) is 18.4. The second-order valence-electron chi connectivity index (χ2n) is 10.5. The zero-order chi connectivity index (χ0) is 28.5. The lowest BCUT2D eigenvalue weighted by atomic mass is 9.96. The lowest BCUT2D eigenvalue weighted by Gasteiger charge is -2.40. The van der Waals surface area contributed by atoms with Gasteiger partial charge >= 0.3 is 6.09 Å². The van der Waals surface area contributed by atoms with Gasteiger partial charge in [-0.3, -0.25) is 9.69 Å². The van der Waals surface area contributed by atoms with Crippen molar-refractivity contribution in [1.82, 2.24) is 5.01 Å². The van der Waals surface area contributed by atoms with E-state index in [-0.39, 0.29) is 25.1 Å². The van der Waals surface area contributed by atoms with Crippen molar-refractivity contribution in [3.05, 3.63) is 71.4 Å². The number of ether oxygens (including phenoxy) is 1. The highest BCUT2D eigenvalue weighted by molar-refractivity contribution is 6.03. The number of fused-ring (bicyclic) bond motifs is 1. The van der Waals surface area contributed by atoms with Gasteiger partial charge in [0.05, 0.1) is 29.6 Å². The third-order valence-corrected chi connectivity index (χ3v) is 7.08. The Morgan fingerprint density at radius 1 is 1.18 bits per heavy atom. The standard InChI is InChI=1S/C29H34F2N4O4/c1-18-16-33(28(38)39-27-13-11-21(30)15-23(27)31)26-14-20(10-12-25(26)34(18)19(2)37)22-8-6-5-7-9-24(22)35(32)29(3,4)17-36/h6,8,10-15,18,36H,5,7,9,16-17,32H2,1-4H3/t18-/m0/s1. The second kappa shape index (κ2) is 11.2. The molecule has 4 rings (SSSR count). The number of hydrazine groups is 1. The van der Waals surface area contributed by atoms with Gasteiger partial charge in [-0.15, -0.1) is 0 Å². The smallest absolute Gasteiger partial charge is 0.407 e. The molecule has 0 fully saturated rings. The molecule has 39 heavy (non-hydrogen) atoms. The van der Waals surface area contributed by atoms with E-state index in [0.717, 1.165) is 41.8 Å². The molecule has 0 radical (unpaired) electrons. The SMILES string of the molecule is CC(=O)N1c2ccc(C3=C(N(N)C(C)(C)CO)CCCC=C3)cc2N(C(=O)Oc2ccc(F)cc2F)C[C@@H]1C. The number of aliphatic hydroxyl groups is 1. The highest BCUT2D eigenvalue weighted by Crippen LogP contribution is 2.40. The van der Waals surface area contributed by atoms with Gasteiger partial charge < -0.3 is 19.8 Å². The van der Waals surface area contributed by atoms with E-state index in [0.29, 0.717) is 23.9 Å². The minimum atomic E-state index is -0.999. The molecule has 0 spiro atoms. The minimum absolute atomic E-state index is 0.0972. The van der Waals surface area contributed by atoms with Gasteiger partial charge in [0.1, 0.15) is 5.82 Å². The summed E-state index contributed by atoms with van der Waals surface area (Å²) in [4.78, 5) is 28.9. The van der Waals surface area contributed by atoms with Crippen LogP contribution in [0.3, 0.4) is 0 Å². The van der Waals surface area contributed by atoms with Crippen molar-refractivity contribution in [2.24, 2.45) is 5.84 Å². The summed E-state index contributed by atoms with van der Waals surface area (Å²) in [5.74, 6) is 4.14. The fourth-order valence-electron chi connectivity index (χ4n) is 4.93. The van der Waals surface area contributed by atoms with E-state index in [1.165, 1.54) is 11.8 Å². The molecule has 0 aromatic heterocycles. The molecule has 2 aliphatic rings. The highest BCUT2D eigenvalue weighted by atomic mass is 19.1. The van der Waals surface area contributed by atoms with Crippen LogP contribution in [0.5, 0.6) is 5.75 Å². The Balaban J connectivity index is 1.83. The Labute approximate surface area is 226 Å². The first-order valence-corrected chi connectivity index (χ1v) is 12.9. The van der Waals surface area contributed by atoms with Crippen molar-refractivity contribution in [1.29, 1.82) is 0 Å². The van der Waals surface area contributed by atoms with Crippen molar-refractivity contribution in [3.8, 4) is 5.75 Å². The van der Waals surface area contributed by atoms with Crippen LogP contribution in [0.15, 0.2) is 54.2 Å². The maximum atomic E-state index is 14.3. The Hall–Kier alpha value is -3.76. The second-order valence-corrected chi connectivity index (χ2v) is 10.5. The van der Waals surface area contributed by atoms with Gasteiger partial charge in [0.15, 0.2) is 11.6 Å². The topological polar surface area (TPSA) is 99.3 Å². The molecule has 2 aromatic carbocycles. The fraction of sp³-hybridized carbons (Fsp3) is 0.379. The van der Waals surface area contributed by atoms with E-state index in [4.69, 9.17) is 10.6 Å². The van der Waals surface area contributed by atoms with E-state index in [1.807, 2.05) is 26.0 Å². The number of amides is 2. The van der Waals surface area contributed by atoms with Crippen LogP contribution in [-0.2, 0) is 4.79 Å². The lowest BCUT2D eigenvalue weighted by Crippen LogP contribution is -2.52. The van der Waals surface area contributed by atoms with Crippen LogP contribution >= 0.6 is 0 Å². The van der Waals surface area contributed by atoms with Crippen molar-refractivity contribution < 1.29 is 28.2 Å². The number of benzene rings is 2. The van der Waals surface area contributed by atoms with Crippen LogP contribution < -0.4 is 20.4 Å². The molecule has 1 aliphatic carbocycles. The van der Waals surface area contributed by atoms with Crippen LogP contribution in [0.25, 0.3) is 5.57 Å². The van der Waals surface area contributed by atoms with Crippen molar-refractivity contribution in [3.63, 3.8) is 0 Å². The van der Waals surface area contributed by atoms with E-state index >= 15 is 0 Å². The number of carbonyl (C=O) groups excluding carboxylic acids is 2. The van der Waals surface area contributed by atoms with Crippen molar-refractivity contribution >= 4 is 28.9 Å². The minimum Gasteiger partial charge on any atom is -0.407 e. The van der Waals surface area contributed by atoms with E-state index in [1.54, 1.807) is 29.0 Å². The van der Waals surface area contributed by atoms with Gasteiger partial charge in [0.2, 0.25) is 5.91 Å². The highest BCUT2D eigenvalue weighted by Gasteiger charge is 2.36. The summed E-state index contributed by atoms with van der Waals surface area (Å²) >= 11 is 0. The van der Waals surface area contributed by atoms with Crippen LogP contribution in [0, 0.1) is 11.6 Å². The monoisotopic (exact) mass is 540 g/mol. The summed E-state index contributed by atoms with van der Waals surface area (Å²) in [5.41, 5.74) is 2.59. The number of rotatable bonds is 5. The molecule has 2 aromatic rings. The number of nitrogens with zero attached hydrogens (tertiary/aromatic N) is 3. The third kappa shape index (κ3) is 5.67. The molecule has 0 saturated carbocycles. The summed E-state index contributed by atoms with van der Waals surface area (Å²) in [6.07, 6.45) is 5.55. The Bertz CT molecular complexity index is 1340. The average molecular weight is 541 g/mol. The summed E-state index contributed by atoms with van der Waals surface area (Å²) < 4.78 is 33.0. The molecule has 0 bridgehead atoms. The zero-order valence-corrected chi connectivity index (χ0v) is 22.6. The third-order valence-electron chi connectivity index (χ3n) is 7.08. The molecule has 1 atom stereocenters. The Morgan fingerprint density at radius 2 is 1.92 bits per heavy atom. The largest absolute Gasteiger partial charge is 0.419 e. The number of hydrogen-bond donors (Lipinski definition) is 2. The Morgan fingerprint density at radius 3 is 2.59 bits per heavy atom. The number of aliphatic hydroxyl groups excluding tert-OH is 1. The molecule has 0 unspecified atom stereocenters. The predicted octanol–water partition coefficient (Wildman–Crippen LogP) is 5.12. The maximum Gasteiger partial charge on any atom is 0.419 e. The zero-order valence-electron chi connectivity index (χ0n) is 22.6. The van der Waals surface area contributed by atoms with Gasteiger partial charge in [-0.2, -0.15) is 0 Å². The molecular weight excluding hydrogens is 506 g/mol. The maximum absolute atomic E-state index is 14.3. The number of allylic oxidation sites excluding steroid dienone is 4. The normalized spacial score (nSPS) is 17.6. The summed E-state index contributed by atoms with van der Waals surface area (Å²) in [7, 11) is 0. The quantitative estimate of drug-likeness (QED) is 0.403. The molecule has 1 aliphatic heterocycles. The first kappa shape index (κ1) is 28.3. The van der Waals surface area contributed by atoms with Crippen LogP contribution in [0.4, 0.5) is 25.0 Å². The average Bonchev–Trinajstić information content (AvgIpc) is 3.15. The van der Waals surface area contributed by atoms with Crippen LogP contribution in [0.2, 0.25) is 0 Å². The molecule has 1 heterocycles. The summed E-state index contributed by atoms with van der Waals surface area (Å²) in [6, 6.07) is 7.73. The molecule has 10 heteroatoms. The van der Waals surface area contributed by atoms with Gasteiger partial charge in [-0.25, -0.2) is 19.4 Å². The molecular formula is C29H34F2N4O4. The van der Waals surface area contributed by atoms with Gasteiger partial charge in [-0.05, 0) is 69.9 Å². The van der Waals surface area contributed by atoms with Gasteiger partial charge in [0.25, 0.3) is 0 Å². The summed E-state index contributed by atoms with van der Waals surface area (Å²) in [5, 5.41) is 11.5. The number of anilines is 2. The fourth-order valence-corrected chi connectivity index (χ4v) is 4.93. The van der Waals surface area contributed by atoms with E-state index in [9.17, 15) is 23.5 Å². The molecule has 8 nitrogen and oxygen atoms in total. The van der Waals surface area contributed by atoms with Crippen LogP contribution in [0.1, 0.15) is 52.5 Å². The van der Waals surface area contributed by atoms with Crippen molar-refractivity contribution in [2.75, 3.05) is 23.0 Å². The summed E-state index contributed by atoms with van der Waals surface area (Å²) in [6.45, 7) is 6.89. The van der Waals surface area contributed by atoms with Crippen molar-refractivity contribution in [2.45, 2.75) is 58.5 Å². The molecule has 208 valence electrons. The number of carbonyl (C=O) groups is 2. The number of nitrogens with two attached hydrogens (primary N) is 1. The number of halogens is 2. The number of hydrogen-bond acceptors (Lipinski definition) is 6. The molecule has 0 saturated heterocycles. The lowest BCUT2D eigenvalue weighted by molar-refractivity contribution is -0.117.